The number of aliphatic carboxylic acids is 1. The molecule has 4 nitrogen and oxygen atoms in total. The fourth-order valence-electron chi connectivity index (χ4n) is 1.26. The molecule has 0 saturated heterocycles. The van der Waals surface area contributed by atoms with Crippen molar-refractivity contribution in [3.8, 4) is 11.5 Å². The first-order chi connectivity index (χ1) is 7.65. The van der Waals surface area contributed by atoms with Gasteiger partial charge in [0, 0.05) is 10.6 Å². The molecule has 1 aromatic carbocycles. The summed E-state index contributed by atoms with van der Waals surface area (Å²) in [6.07, 6.45) is 1.25. The van der Waals surface area contributed by atoms with Crippen molar-refractivity contribution in [2.75, 3.05) is 0 Å². The van der Waals surface area contributed by atoms with Gasteiger partial charge in [-0.15, -0.1) is 0 Å². The van der Waals surface area contributed by atoms with Crippen molar-refractivity contribution in [1.29, 1.82) is 0 Å². The molecule has 2 aromatic rings. The lowest BCUT2D eigenvalue weighted by Crippen LogP contribution is -1.97. The number of oxazole rings is 1. The number of hydrogen-bond acceptors (Lipinski definition) is 3. The maximum Gasteiger partial charge on any atom is 0.311 e. The Bertz CT molecular complexity index is 504. The van der Waals surface area contributed by atoms with E-state index in [0.717, 1.165) is 5.56 Å². The van der Waals surface area contributed by atoms with E-state index in [4.69, 9.17) is 21.1 Å². The van der Waals surface area contributed by atoms with Gasteiger partial charge < -0.3 is 9.52 Å². The van der Waals surface area contributed by atoms with E-state index in [1.54, 1.807) is 24.3 Å². The maximum absolute atomic E-state index is 10.5. The van der Waals surface area contributed by atoms with Crippen molar-refractivity contribution in [3.05, 3.63) is 41.2 Å². The highest BCUT2D eigenvalue weighted by Gasteiger charge is 2.09. The van der Waals surface area contributed by atoms with Gasteiger partial charge >= 0.3 is 5.97 Å². The van der Waals surface area contributed by atoms with E-state index >= 15 is 0 Å². The van der Waals surface area contributed by atoms with Gasteiger partial charge in [-0.1, -0.05) is 11.6 Å². The molecule has 0 spiro atoms. The van der Waals surface area contributed by atoms with Gasteiger partial charge in [0.1, 0.15) is 12.2 Å². The van der Waals surface area contributed by atoms with Crippen LogP contribution in [0.5, 0.6) is 0 Å². The van der Waals surface area contributed by atoms with Crippen LogP contribution in [0.15, 0.2) is 34.9 Å². The molecule has 0 saturated carbocycles. The van der Waals surface area contributed by atoms with Crippen LogP contribution in [0.4, 0.5) is 0 Å². The number of halogens is 1. The minimum Gasteiger partial charge on any atom is -0.481 e. The van der Waals surface area contributed by atoms with Crippen LogP contribution in [-0.2, 0) is 11.2 Å². The van der Waals surface area contributed by atoms with Crippen molar-refractivity contribution in [1.82, 2.24) is 4.98 Å². The van der Waals surface area contributed by atoms with E-state index in [-0.39, 0.29) is 6.42 Å². The summed E-state index contributed by atoms with van der Waals surface area (Å²) in [6.45, 7) is 0. The normalized spacial score (nSPS) is 10.3. The summed E-state index contributed by atoms with van der Waals surface area (Å²) >= 11 is 5.74. The lowest BCUT2D eigenvalue weighted by Gasteiger charge is -1.95. The van der Waals surface area contributed by atoms with Gasteiger partial charge in [-0.05, 0) is 24.3 Å². The third-order valence-corrected chi connectivity index (χ3v) is 2.22. The van der Waals surface area contributed by atoms with Crippen LogP contribution in [0.2, 0.25) is 5.02 Å². The van der Waals surface area contributed by atoms with Crippen molar-refractivity contribution in [3.63, 3.8) is 0 Å². The standard InChI is InChI=1S/C11H8ClNO3/c12-8-3-1-7(2-4-8)11-13-6-9(16-11)5-10(14)15/h1-4,6H,5H2,(H,14,15). The molecule has 82 valence electrons. The Balaban J connectivity index is 2.24. The molecule has 0 aliphatic carbocycles. The molecule has 0 radical (unpaired) electrons. The van der Waals surface area contributed by atoms with Crippen molar-refractivity contribution in [2.24, 2.45) is 0 Å². The number of carbonyl (C=O) groups is 1. The van der Waals surface area contributed by atoms with Crippen molar-refractivity contribution in [2.45, 2.75) is 6.42 Å². The highest BCUT2D eigenvalue weighted by atomic mass is 35.5. The third kappa shape index (κ3) is 2.41. The van der Waals surface area contributed by atoms with Gasteiger partial charge in [-0.25, -0.2) is 4.98 Å². The molecular formula is C11H8ClNO3. The zero-order valence-corrected chi connectivity index (χ0v) is 8.94. The largest absolute Gasteiger partial charge is 0.481 e. The summed E-state index contributed by atoms with van der Waals surface area (Å²) in [5.41, 5.74) is 0.765. The van der Waals surface area contributed by atoms with Crippen LogP contribution in [0, 0.1) is 0 Å². The van der Waals surface area contributed by atoms with Gasteiger partial charge in [0.2, 0.25) is 5.89 Å². The van der Waals surface area contributed by atoms with Gasteiger partial charge in [-0.2, -0.15) is 0 Å². The highest BCUT2D eigenvalue weighted by Crippen LogP contribution is 2.21. The number of hydrogen-bond donors (Lipinski definition) is 1. The summed E-state index contributed by atoms with van der Waals surface area (Å²) in [4.78, 5) is 14.4. The highest BCUT2D eigenvalue weighted by molar-refractivity contribution is 6.30. The molecule has 5 heteroatoms. The molecule has 2 rings (SSSR count). The van der Waals surface area contributed by atoms with Crippen molar-refractivity contribution < 1.29 is 14.3 Å². The van der Waals surface area contributed by atoms with E-state index in [9.17, 15) is 4.79 Å². The summed E-state index contributed by atoms with van der Waals surface area (Å²) in [5.74, 6) is -0.218. The fraction of sp³-hybridized carbons (Fsp3) is 0.0909. The number of rotatable bonds is 3. The SMILES string of the molecule is O=C(O)Cc1cnc(-c2ccc(Cl)cc2)o1. The first-order valence-corrected chi connectivity index (χ1v) is 4.95. The second kappa shape index (κ2) is 4.37. The van der Waals surface area contributed by atoms with Crippen molar-refractivity contribution >= 4 is 17.6 Å². The first-order valence-electron chi connectivity index (χ1n) is 4.57. The quantitative estimate of drug-likeness (QED) is 0.891. The van der Waals surface area contributed by atoms with Crippen LogP contribution >= 0.6 is 11.6 Å². The summed E-state index contributed by atoms with van der Waals surface area (Å²) < 4.78 is 5.29. The van der Waals surface area contributed by atoms with Crippen LogP contribution in [-0.4, -0.2) is 16.1 Å². The molecule has 0 unspecified atom stereocenters. The average Bonchev–Trinajstić information content (AvgIpc) is 2.66. The van der Waals surface area contributed by atoms with Gasteiger partial charge in [0.15, 0.2) is 0 Å². The molecule has 1 heterocycles. The molecule has 1 N–H and O–H groups in total. The van der Waals surface area contributed by atoms with E-state index in [0.29, 0.717) is 16.7 Å². The van der Waals surface area contributed by atoms with Crippen LogP contribution in [0.3, 0.4) is 0 Å². The topological polar surface area (TPSA) is 63.3 Å². The molecule has 1 aromatic heterocycles. The smallest absolute Gasteiger partial charge is 0.311 e. The minimum absolute atomic E-state index is 0.166. The van der Waals surface area contributed by atoms with Crippen LogP contribution in [0.25, 0.3) is 11.5 Å². The molecule has 0 atom stereocenters. The van der Waals surface area contributed by atoms with E-state index < -0.39 is 5.97 Å². The summed E-state index contributed by atoms with van der Waals surface area (Å²) in [7, 11) is 0. The maximum atomic E-state index is 10.5. The number of carboxylic acid groups (broad SMARTS) is 1. The molecular weight excluding hydrogens is 230 g/mol. The second-order valence-corrected chi connectivity index (χ2v) is 3.65. The third-order valence-electron chi connectivity index (χ3n) is 1.97. The summed E-state index contributed by atoms with van der Waals surface area (Å²) in [5, 5.41) is 9.20. The average molecular weight is 238 g/mol. The molecule has 0 bridgehead atoms. The lowest BCUT2D eigenvalue weighted by molar-refractivity contribution is -0.136. The Morgan fingerprint density at radius 2 is 2.06 bits per heavy atom. The second-order valence-electron chi connectivity index (χ2n) is 3.21. The lowest BCUT2D eigenvalue weighted by atomic mass is 10.2. The van der Waals surface area contributed by atoms with Gasteiger partial charge in [0.25, 0.3) is 0 Å². The fourth-order valence-corrected chi connectivity index (χ4v) is 1.39. The zero-order valence-electron chi connectivity index (χ0n) is 8.18. The number of aromatic nitrogens is 1. The van der Waals surface area contributed by atoms with Crippen LogP contribution < -0.4 is 0 Å². The van der Waals surface area contributed by atoms with E-state index in [1.807, 2.05) is 0 Å². The predicted molar refractivity (Wildman–Crippen MR) is 58.3 cm³/mol. The Morgan fingerprint density at radius 1 is 1.38 bits per heavy atom. The molecule has 0 aliphatic heterocycles. The van der Waals surface area contributed by atoms with Gasteiger partial charge in [0.05, 0.1) is 6.20 Å². The number of nitrogens with zero attached hydrogens (tertiary/aromatic N) is 1. The Morgan fingerprint density at radius 3 is 2.69 bits per heavy atom. The molecule has 16 heavy (non-hydrogen) atoms. The Labute approximate surface area is 96.5 Å². The Kier molecular flexibility index (Phi) is 2.92. The minimum atomic E-state index is -0.946. The molecule has 0 amide bonds. The van der Waals surface area contributed by atoms with E-state index in [2.05, 4.69) is 4.98 Å². The monoisotopic (exact) mass is 237 g/mol. The number of benzene rings is 1. The summed E-state index contributed by atoms with van der Waals surface area (Å²) in [6, 6.07) is 6.97. The Hall–Kier alpha value is -1.81. The molecule has 0 aliphatic rings. The zero-order chi connectivity index (χ0) is 11.5. The molecule has 0 fully saturated rings. The first kappa shape index (κ1) is 10.7. The predicted octanol–water partition coefficient (Wildman–Crippen LogP) is 2.62. The number of carboxylic acids is 1. The van der Waals surface area contributed by atoms with E-state index in [1.165, 1.54) is 6.20 Å². The van der Waals surface area contributed by atoms with Gasteiger partial charge in [-0.3, -0.25) is 4.79 Å². The van der Waals surface area contributed by atoms with Crippen LogP contribution in [0.1, 0.15) is 5.76 Å².